The molecule has 0 radical (unpaired) electrons. The predicted molar refractivity (Wildman–Crippen MR) is 85.3 cm³/mol. The molecule has 0 aliphatic rings. The molecule has 1 aromatic rings. The van der Waals surface area contributed by atoms with Gasteiger partial charge in [0.25, 0.3) is 0 Å². The highest BCUT2D eigenvalue weighted by atomic mass is 16.4. The minimum Gasteiger partial charge on any atom is -0.480 e. The Morgan fingerprint density at radius 1 is 1.29 bits per heavy atom. The summed E-state index contributed by atoms with van der Waals surface area (Å²) in [5, 5.41) is 9.08. The van der Waals surface area contributed by atoms with Gasteiger partial charge in [-0.05, 0) is 24.5 Å². The number of benzene rings is 1. The fourth-order valence-electron chi connectivity index (χ4n) is 1.63. The minimum atomic E-state index is -0.955. The van der Waals surface area contributed by atoms with Crippen LogP contribution in [0.15, 0.2) is 46.4 Å². The van der Waals surface area contributed by atoms with E-state index in [0.717, 1.165) is 5.56 Å². The first-order valence-electron chi connectivity index (χ1n) is 6.62. The summed E-state index contributed by atoms with van der Waals surface area (Å²) < 4.78 is 0. The van der Waals surface area contributed by atoms with Crippen LogP contribution in [0.25, 0.3) is 6.08 Å². The number of carboxylic acids is 1. The van der Waals surface area contributed by atoms with Gasteiger partial charge < -0.3 is 16.6 Å². The van der Waals surface area contributed by atoms with Crippen molar-refractivity contribution in [3.8, 4) is 0 Å². The first-order chi connectivity index (χ1) is 10.1. The first kappa shape index (κ1) is 16.4. The number of guanidine groups is 1. The average Bonchev–Trinajstić information content (AvgIpc) is 2.46. The first-order valence-corrected chi connectivity index (χ1v) is 6.62. The topological polar surface area (TPSA) is 114 Å². The van der Waals surface area contributed by atoms with E-state index in [9.17, 15) is 4.79 Å². The van der Waals surface area contributed by atoms with Crippen molar-refractivity contribution in [1.29, 1.82) is 0 Å². The molecular weight excluding hydrogens is 268 g/mol. The molecule has 5 N–H and O–H groups in total. The van der Waals surface area contributed by atoms with E-state index in [1.165, 1.54) is 6.21 Å². The van der Waals surface area contributed by atoms with Gasteiger partial charge in [0.1, 0.15) is 6.04 Å². The largest absolute Gasteiger partial charge is 0.480 e. The number of allylic oxidation sites excluding steroid dienone is 1. The third kappa shape index (κ3) is 7.51. The second kappa shape index (κ2) is 9.30. The lowest BCUT2D eigenvalue weighted by atomic mass is 10.1. The van der Waals surface area contributed by atoms with Crippen molar-refractivity contribution in [2.24, 2.45) is 21.5 Å². The van der Waals surface area contributed by atoms with Crippen LogP contribution in [0.4, 0.5) is 0 Å². The quantitative estimate of drug-likeness (QED) is 0.379. The molecule has 0 saturated carbocycles. The van der Waals surface area contributed by atoms with E-state index >= 15 is 0 Å². The van der Waals surface area contributed by atoms with Crippen LogP contribution in [0.1, 0.15) is 18.4 Å². The molecule has 1 atom stereocenters. The van der Waals surface area contributed by atoms with E-state index in [-0.39, 0.29) is 5.96 Å². The highest BCUT2D eigenvalue weighted by Gasteiger charge is 2.13. The van der Waals surface area contributed by atoms with E-state index in [0.29, 0.717) is 19.4 Å². The molecule has 0 saturated heterocycles. The minimum absolute atomic E-state index is 0.0103. The van der Waals surface area contributed by atoms with Crippen molar-refractivity contribution in [1.82, 2.24) is 0 Å². The van der Waals surface area contributed by atoms with Crippen LogP contribution in [0.3, 0.4) is 0 Å². The summed E-state index contributed by atoms with van der Waals surface area (Å²) >= 11 is 0. The van der Waals surface area contributed by atoms with Crippen LogP contribution in [0.2, 0.25) is 0 Å². The number of carboxylic acid groups (broad SMARTS) is 1. The van der Waals surface area contributed by atoms with Gasteiger partial charge in [-0.3, -0.25) is 9.98 Å². The molecule has 0 unspecified atom stereocenters. The van der Waals surface area contributed by atoms with Crippen molar-refractivity contribution in [2.45, 2.75) is 18.9 Å². The van der Waals surface area contributed by atoms with E-state index in [1.54, 1.807) is 6.08 Å². The molecule has 6 nitrogen and oxygen atoms in total. The lowest BCUT2D eigenvalue weighted by Gasteiger charge is -2.05. The van der Waals surface area contributed by atoms with E-state index in [1.807, 2.05) is 36.4 Å². The Morgan fingerprint density at radius 2 is 2.00 bits per heavy atom. The fourth-order valence-corrected chi connectivity index (χ4v) is 1.63. The number of aliphatic carboxylic acids is 1. The van der Waals surface area contributed by atoms with Crippen molar-refractivity contribution < 1.29 is 9.90 Å². The van der Waals surface area contributed by atoms with Crippen LogP contribution >= 0.6 is 0 Å². The Balaban J connectivity index is 2.46. The molecule has 1 aromatic carbocycles. The molecule has 0 aromatic heterocycles. The van der Waals surface area contributed by atoms with Crippen LogP contribution in [0.5, 0.6) is 0 Å². The normalized spacial score (nSPS) is 12.6. The number of hydrogen-bond donors (Lipinski definition) is 3. The Morgan fingerprint density at radius 3 is 2.62 bits per heavy atom. The number of aliphatic imine (C=N–C) groups is 2. The third-order valence-electron chi connectivity index (χ3n) is 2.66. The maximum atomic E-state index is 11.1. The zero-order valence-electron chi connectivity index (χ0n) is 11.7. The van der Waals surface area contributed by atoms with Gasteiger partial charge in [-0.2, -0.15) is 0 Å². The van der Waals surface area contributed by atoms with Crippen molar-refractivity contribution >= 4 is 24.2 Å². The molecule has 112 valence electrons. The van der Waals surface area contributed by atoms with Gasteiger partial charge in [-0.1, -0.05) is 36.4 Å². The summed E-state index contributed by atoms with van der Waals surface area (Å²) in [5.74, 6) is -0.944. The zero-order chi connectivity index (χ0) is 15.5. The third-order valence-corrected chi connectivity index (χ3v) is 2.66. The summed E-state index contributed by atoms with van der Waals surface area (Å²) in [7, 11) is 0. The maximum absolute atomic E-state index is 11.1. The number of nitrogens with zero attached hydrogens (tertiary/aromatic N) is 2. The van der Waals surface area contributed by atoms with Crippen molar-refractivity contribution in [3.05, 3.63) is 42.0 Å². The van der Waals surface area contributed by atoms with Crippen LogP contribution in [-0.4, -0.2) is 35.8 Å². The smallest absolute Gasteiger partial charge is 0.328 e. The van der Waals surface area contributed by atoms with Gasteiger partial charge in [0, 0.05) is 12.8 Å². The molecular formula is C15H20N4O2. The molecule has 0 aliphatic heterocycles. The van der Waals surface area contributed by atoms with Crippen molar-refractivity contribution in [2.75, 3.05) is 6.54 Å². The molecule has 0 amide bonds. The SMILES string of the molecule is NC(N)=NCCC[C@H](N=C/C=C/c1ccccc1)C(=O)O. The standard InChI is InChI=1S/C15H20N4O2/c16-15(17)19-11-5-9-13(14(20)21)18-10-4-8-12-6-2-1-3-7-12/h1-4,6-8,10,13H,5,9,11H2,(H,20,21)(H4,16,17,19)/b8-4+,18-10?/t13-/m0/s1. The second-order valence-corrected chi connectivity index (χ2v) is 4.37. The maximum Gasteiger partial charge on any atom is 0.328 e. The number of nitrogens with two attached hydrogens (primary N) is 2. The average molecular weight is 288 g/mol. The molecule has 0 bridgehead atoms. The highest BCUT2D eigenvalue weighted by Crippen LogP contribution is 2.03. The number of carbonyl (C=O) groups is 1. The Hall–Kier alpha value is -2.63. The molecule has 6 heteroatoms. The number of rotatable bonds is 8. The summed E-state index contributed by atoms with van der Waals surface area (Å²) in [6.07, 6.45) is 6.05. The van der Waals surface area contributed by atoms with E-state index in [4.69, 9.17) is 16.6 Å². The highest BCUT2D eigenvalue weighted by molar-refractivity contribution is 5.82. The Kier molecular flexibility index (Phi) is 7.28. The number of hydrogen-bond acceptors (Lipinski definition) is 3. The monoisotopic (exact) mass is 288 g/mol. The van der Waals surface area contributed by atoms with E-state index in [2.05, 4.69) is 9.98 Å². The molecule has 0 heterocycles. The Bertz CT molecular complexity index is 520. The van der Waals surface area contributed by atoms with Crippen LogP contribution in [0, 0.1) is 0 Å². The van der Waals surface area contributed by atoms with Gasteiger partial charge in [-0.15, -0.1) is 0 Å². The van der Waals surface area contributed by atoms with Gasteiger partial charge in [0.2, 0.25) is 0 Å². The van der Waals surface area contributed by atoms with Gasteiger partial charge in [-0.25, -0.2) is 4.79 Å². The molecule has 0 fully saturated rings. The van der Waals surface area contributed by atoms with Gasteiger partial charge in [0.15, 0.2) is 5.96 Å². The van der Waals surface area contributed by atoms with E-state index < -0.39 is 12.0 Å². The lowest BCUT2D eigenvalue weighted by molar-refractivity contribution is -0.138. The predicted octanol–water partition coefficient (Wildman–Crippen LogP) is 1.28. The van der Waals surface area contributed by atoms with Gasteiger partial charge >= 0.3 is 5.97 Å². The van der Waals surface area contributed by atoms with Crippen molar-refractivity contribution in [3.63, 3.8) is 0 Å². The summed E-state index contributed by atoms with van der Waals surface area (Å²) in [6, 6.07) is 8.92. The Labute approximate surface area is 123 Å². The summed E-state index contributed by atoms with van der Waals surface area (Å²) in [5.41, 5.74) is 11.4. The molecule has 21 heavy (non-hydrogen) atoms. The van der Waals surface area contributed by atoms with Crippen LogP contribution < -0.4 is 11.5 Å². The molecule has 1 rings (SSSR count). The summed E-state index contributed by atoms with van der Waals surface area (Å²) in [6.45, 7) is 0.404. The molecule has 0 aliphatic carbocycles. The van der Waals surface area contributed by atoms with Crippen LogP contribution in [-0.2, 0) is 4.79 Å². The molecule has 0 spiro atoms. The van der Waals surface area contributed by atoms with Gasteiger partial charge in [0.05, 0.1) is 0 Å². The summed E-state index contributed by atoms with van der Waals surface area (Å²) in [4.78, 5) is 18.9. The zero-order valence-corrected chi connectivity index (χ0v) is 11.7. The second-order valence-electron chi connectivity index (χ2n) is 4.37. The lowest BCUT2D eigenvalue weighted by Crippen LogP contribution is -2.23. The fraction of sp³-hybridized carbons (Fsp3) is 0.267.